The minimum absolute atomic E-state index is 0.0723. The van der Waals surface area contributed by atoms with Crippen molar-refractivity contribution in [1.29, 1.82) is 5.26 Å². The number of piperidine rings is 2. The molecule has 1 amide bonds. The van der Waals surface area contributed by atoms with E-state index in [1.54, 1.807) is 24.3 Å². The summed E-state index contributed by atoms with van der Waals surface area (Å²) in [6, 6.07) is 9.05. The maximum Gasteiger partial charge on any atom is 0.410 e. The highest BCUT2D eigenvalue weighted by atomic mass is 16.6. The predicted molar refractivity (Wildman–Crippen MR) is 97.7 cm³/mol. The standard InChI is InChI=1S/C21H26N2O3/c1-21(2,3)26-20(25)23-17-5-4-6-18(23)12-16(11-17)19(24)15-9-7-14(13-22)8-10-15/h7-10,16-18H,4-6,11-12H2,1-3H3. The van der Waals surface area contributed by atoms with Crippen LogP contribution in [-0.4, -0.2) is 34.5 Å². The van der Waals surface area contributed by atoms with Crippen LogP contribution in [0.4, 0.5) is 4.79 Å². The van der Waals surface area contributed by atoms with E-state index in [4.69, 9.17) is 10.00 Å². The van der Waals surface area contributed by atoms with Crippen LogP contribution in [0, 0.1) is 17.2 Å². The number of ketones is 1. The Labute approximate surface area is 154 Å². The van der Waals surface area contributed by atoms with Gasteiger partial charge in [0.1, 0.15) is 5.60 Å². The number of ether oxygens (including phenoxy) is 1. The van der Waals surface area contributed by atoms with Gasteiger partial charge in [0.2, 0.25) is 0 Å². The van der Waals surface area contributed by atoms with Crippen LogP contribution in [0.25, 0.3) is 0 Å². The lowest BCUT2D eigenvalue weighted by Gasteiger charge is -2.48. The number of rotatable bonds is 2. The van der Waals surface area contributed by atoms with Crippen molar-refractivity contribution in [1.82, 2.24) is 4.90 Å². The minimum atomic E-state index is -0.513. The van der Waals surface area contributed by atoms with Crippen molar-refractivity contribution in [3.63, 3.8) is 0 Å². The minimum Gasteiger partial charge on any atom is -0.444 e. The molecule has 2 unspecified atom stereocenters. The van der Waals surface area contributed by atoms with E-state index in [-0.39, 0.29) is 29.9 Å². The first-order valence-corrected chi connectivity index (χ1v) is 9.34. The lowest BCUT2D eigenvalue weighted by Crippen LogP contribution is -2.56. The SMILES string of the molecule is CC(C)(C)OC(=O)N1C2CCCC1CC(C(=O)c1ccc(C#N)cc1)C2. The smallest absolute Gasteiger partial charge is 0.410 e. The molecule has 0 aromatic heterocycles. The van der Waals surface area contributed by atoms with E-state index in [1.165, 1.54) is 0 Å². The van der Waals surface area contributed by atoms with E-state index in [0.29, 0.717) is 24.0 Å². The summed E-state index contributed by atoms with van der Waals surface area (Å²) in [5.74, 6) is 0.0483. The molecule has 0 N–H and O–H groups in total. The molecular weight excluding hydrogens is 328 g/mol. The van der Waals surface area contributed by atoms with Crippen molar-refractivity contribution in [2.45, 2.75) is 70.6 Å². The second-order valence-corrected chi connectivity index (χ2v) is 8.35. The largest absolute Gasteiger partial charge is 0.444 e. The summed E-state index contributed by atoms with van der Waals surface area (Å²) in [7, 11) is 0. The maximum atomic E-state index is 12.9. The van der Waals surface area contributed by atoms with Gasteiger partial charge in [-0.2, -0.15) is 5.26 Å². The zero-order valence-corrected chi connectivity index (χ0v) is 15.7. The van der Waals surface area contributed by atoms with Crippen molar-refractivity contribution in [2.75, 3.05) is 0 Å². The molecule has 2 aliphatic rings. The van der Waals surface area contributed by atoms with E-state index in [9.17, 15) is 9.59 Å². The molecule has 2 fully saturated rings. The molecule has 0 saturated carbocycles. The fourth-order valence-electron chi connectivity index (χ4n) is 4.15. The van der Waals surface area contributed by atoms with Gasteiger partial charge >= 0.3 is 6.09 Å². The topological polar surface area (TPSA) is 70.4 Å². The van der Waals surface area contributed by atoms with E-state index < -0.39 is 5.60 Å². The summed E-state index contributed by atoms with van der Waals surface area (Å²) < 4.78 is 5.59. The van der Waals surface area contributed by atoms with Crippen molar-refractivity contribution in [3.05, 3.63) is 35.4 Å². The Morgan fingerprint density at radius 1 is 1.12 bits per heavy atom. The molecular formula is C21H26N2O3. The third-order valence-corrected chi connectivity index (χ3v) is 5.25. The summed E-state index contributed by atoms with van der Waals surface area (Å²) in [6.45, 7) is 5.63. The van der Waals surface area contributed by atoms with Gasteiger partial charge < -0.3 is 9.64 Å². The maximum absolute atomic E-state index is 12.9. The van der Waals surface area contributed by atoms with Crippen LogP contribution in [0.3, 0.4) is 0 Å². The van der Waals surface area contributed by atoms with Gasteiger partial charge in [-0.3, -0.25) is 4.79 Å². The first kappa shape index (κ1) is 18.4. The Bertz CT molecular complexity index is 713. The van der Waals surface area contributed by atoms with Crippen LogP contribution in [0.15, 0.2) is 24.3 Å². The number of nitriles is 1. The van der Waals surface area contributed by atoms with Gasteiger partial charge in [-0.05, 0) is 65.0 Å². The third-order valence-electron chi connectivity index (χ3n) is 5.25. The molecule has 5 heteroatoms. The number of Topliss-reactive ketones (excluding diaryl/α,β-unsaturated/α-hetero) is 1. The number of hydrogen-bond acceptors (Lipinski definition) is 4. The highest BCUT2D eigenvalue weighted by Gasteiger charge is 2.44. The number of hydrogen-bond donors (Lipinski definition) is 0. The van der Waals surface area contributed by atoms with Crippen LogP contribution in [0.2, 0.25) is 0 Å². The first-order valence-electron chi connectivity index (χ1n) is 9.34. The molecule has 138 valence electrons. The fourth-order valence-corrected chi connectivity index (χ4v) is 4.15. The monoisotopic (exact) mass is 354 g/mol. The Morgan fingerprint density at radius 2 is 1.69 bits per heavy atom. The number of carbonyl (C=O) groups is 2. The molecule has 0 radical (unpaired) electrons. The number of fused-ring (bicyclic) bond motifs is 2. The Hall–Kier alpha value is -2.35. The van der Waals surface area contributed by atoms with Gasteiger partial charge in [0.15, 0.2) is 5.78 Å². The van der Waals surface area contributed by atoms with Crippen LogP contribution in [-0.2, 0) is 4.74 Å². The second kappa shape index (κ2) is 7.11. The molecule has 1 aromatic rings. The third kappa shape index (κ3) is 3.90. The highest BCUT2D eigenvalue weighted by molar-refractivity contribution is 5.98. The lowest BCUT2D eigenvalue weighted by molar-refractivity contribution is -0.0260. The molecule has 2 saturated heterocycles. The molecule has 2 bridgehead atoms. The van der Waals surface area contributed by atoms with Gasteiger partial charge in [0, 0.05) is 23.6 Å². The molecule has 0 spiro atoms. The van der Waals surface area contributed by atoms with Gasteiger partial charge in [-0.1, -0.05) is 12.1 Å². The molecule has 26 heavy (non-hydrogen) atoms. The van der Waals surface area contributed by atoms with E-state index in [2.05, 4.69) is 6.07 Å². The summed E-state index contributed by atoms with van der Waals surface area (Å²) in [5.41, 5.74) is 0.691. The number of nitrogens with zero attached hydrogens (tertiary/aromatic N) is 2. The molecule has 3 rings (SSSR count). The Morgan fingerprint density at radius 3 is 2.19 bits per heavy atom. The quantitative estimate of drug-likeness (QED) is 0.742. The van der Waals surface area contributed by atoms with Crippen LogP contribution in [0.5, 0.6) is 0 Å². The van der Waals surface area contributed by atoms with Crippen LogP contribution in [0.1, 0.15) is 68.8 Å². The summed E-state index contributed by atoms with van der Waals surface area (Å²) >= 11 is 0. The Kier molecular flexibility index (Phi) is 5.04. The lowest BCUT2D eigenvalue weighted by atomic mass is 9.76. The van der Waals surface area contributed by atoms with Gasteiger partial charge in [-0.15, -0.1) is 0 Å². The molecule has 2 aliphatic heterocycles. The molecule has 5 nitrogen and oxygen atoms in total. The second-order valence-electron chi connectivity index (χ2n) is 8.35. The normalized spacial score (nSPS) is 25.3. The number of amides is 1. The van der Waals surface area contributed by atoms with Crippen molar-refractivity contribution in [3.8, 4) is 6.07 Å². The zero-order valence-electron chi connectivity index (χ0n) is 15.7. The number of carbonyl (C=O) groups excluding carboxylic acids is 2. The van der Waals surface area contributed by atoms with Crippen molar-refractivity contribution >= 4 is 11.9 Å². The van der Waals surface area contributed by atoms with Crippen LogP contribution >= 0.6 is 0 Å². The van der Waals surface area contributed by atoms with E-state index in [0.717, 1.165) is 19.3 Å². The van der Waals surface area contributed by atoms with Crippen molar-refractivity contribution in [2.24, 2.45) is 5.92 Å². The molecule has 2 heterocycles. The summed E-state index contributed by atoms with van der Waals surface area (Å²) in [4.78, 5) is 27.4. The average molecular weight is 354 g/mol. The van der Waals surface area contributed by atoms with E-state index >= 15 is 0 Å². The number of benzene rings is 1. The average Bonchev–Trinajstić information content (AvgIpc) is 2.58. The molecule has 0 aliphatic carbocycles. The Balaban J connectivity index is 1.73. The zero-order chi connectivity index (χ0) is 18.9. The summed E-state index contributed by atoms with van der Waals surface area (Å²) in [6.07, 6.45) is 4.06. The van der Waals surface area contributed by atoms with Gasteiger partial charge in [0.05, 0.1) is 11.6 Å². The fraction of sp³-hybridized carbons (Fsp3) is 0.571. The van der Waals surface area contributed by atoms with E-state index in [1.807, 2.05) is 25.7 Å². The predicted octanol–water partition coefficient (Wildman–Crippen LogP) is 4.31. The summed E-state index contributed by atoms with van der Waals surface area (Å²) in [5, 5.41) is 8.90. The molecule has 1 aromatic carbocycles. The van der Waals surface area contributed by atoms with Crippen molar-refractivity contribution < 1.29 is 14.3 Å². The molecule has 2 atom stereocenters. The highest BCUT2D eigenvalue weighted by Crippen LogP contribution is 2.39. The first-order chi connectivity index (χ1) is 12.3. The van der Waals surface area contributed by atoms with Gasteiger partial charge in [0.25, 0.3) is 0 Å². The van der Waals surface area contributed by atoms with Gasteiger partial charge in [-0.25, -0.2) is 4.79 Å². The van der Waals surface area contributed by atoms with Crippen LogP contribution < -0.4 is 0 Å².